The fourth-order valence-corrected chi connectivity index (χ4v) is 3.07. The van der Waals surface area contributed by atoms with Crippen molar-refractivity contribution in [2.45, 2.75) is 33.0 Å². The smallest absolute Gasteiger partial charge is 0.343 e. The first-order chi connectivity index (χ1) is 12.2. The normalized spacial score (nSPS) is 19.2. The maximum atomic E-state index is 12.1. The zero-order valence-electron chi connectivity index (χ0n) is 14.3. The molecule has 0 aliphatic carbocycles. The van der Waals surface area contributed by atoms with Gasteiger partial charge in [0.25, 0.3) is 5.90 Å². The van der Waals surface area contributed by atoms with E-state index in [1.807, 2.05) is 24.3 Å². The fourth-order valence-electron chi connectivity index (χ4n) is 2.81. The number of carbonyl (C=O) groups excluding carboxylic acids is 1. The molecule has 1 aromatic carbocycles. The van der Waals surface area contributed by atoms with Crippen molar-refractivity contribution in [2.75, 3.05) is 0 Å². The highest BCUT2D eigenvalue weighted by molar-refractivity contribution is 9.10. The van der Waals surface area contributed by atoms with E-state index in [4.69, 9.17) is 4.74 Å². The quantitative estimate of drug-likeness (QED) is 0.557. The number of aromatic nitrogens is 2. The Bertz CT molecular complexity index is 908. The number of nitrogens with zero attached hydrogens (tertiary/aromatic N) is 5. The minimum Gasteiger partial charge on any atom is -0.444 e. The number of aryl methyl sites for hydroxylation is 1. The second-order valence-electron chi connectivity index (χ2n) is 5.92. The molecule has 136 valence electrons. The Labute approximate surface area is 157 Å². The van der Waals surface area contributed by atoms with Gasteiger partial charge in [0.2, 0.25) is 11.6 Å². The monoisotopic (exact) mass is 421 g/mol. The van der Waals surface area contributed by atoms with Crippen molar-refractivity contribution in [1.82, 2.24) is 14.6 Å². The molecule has 0 N–H and O–H groups in total. The molecule has 3 rings (SSSR count). The van der Waals surface area contributed by atoms with Crippen LogP contribution in [0.15, 0.2) is 40.0 Å². The van der Waals surface area contributed by atoms with Gasteiger partial charge in [0.05, 0.1) is 0 Å². The van der Waals surface area contributed by atoms with Crippen LogP contribution < -0.4 is 0 Å². The van der Waals surface area contributed by atoms with Gasteiger partial charge in [-0.1, -0.05) is 28.1 Å². The minimum absolute atomic E-state index is 0.00194. The van der Waals surface area contributed by atoms with Gasteiger partial charge in [0.15, 0.2) is 12.4 Å². The summed E-state index contributed by atoms with van der Waals surface area (Å²) in [6.07, 6.45) is 1.18. The lowest BCUT2D eigenvalue weighted by molar-refractivity contribution is -0.392. The lowest BCUT2D eigenvalue weighted by atomic mass is 10.0. The molecule has 0 saturated heterocycles. The lowest BCUT2D eigenvalue weighted by Crippen LogP contribution is -2.41. The van der Waals surface area contributed by atoms with E-state index < -0.39 is 10.6 Å². The van der Waals surface area contributed by atoms with Gasteiger partial charge in [-0.05, 0) is 17.1 Å². The maximum absolute atomic E-state index is 12.1. The summed E-state index contributed by atoms with van der Waals surface area (Å²) in [5, 5.41) is 16.6. The first-order valence-electron chi connectivity index (χ1n) is 7.72. The number of halogens is 1. The molecule has 26 heavy (non-hydrogen) atoms. The number of rotatable bonds is 4. The topological polar surface area (TPSA) is 103 Å². The summed E-state index contributed by atoms with van der Waals surface area (Å²) in [4.78, 5) is 26.7. The van der Waals surface area contributed by atoms with Gasteiger partial charge in [-0.3, -0.25) is 4.79 Å². The molecular weight excluding hydrogens is 406 g/mol. The first-order valence-corrected chi connectivity index (χ1v) is 8.51. The minimum atomic E-state index is -1.13. The standard InChI is InChI=1S/C16H16BrN5O4/c1-10-18-8-15(22(24)25)20(10)9-14-19-21(11(2)23)16(3,26-14)12-4-6-13(17)7-5-12/h4-8H,9H2,1-3H3. The van der Waals surface area contributed by atoms with Crippen molar-refractivity contribution in [3.63, 3.8) is 0 Å². The molecular formula is C16H16BrN5O4. The maximum Gasteiger partial charge on any atom is 0.343 e. The number of imidazole rings is 1. The number of hydrogen-bond donors (Lipinski definition) is 0. The molecule has 0 fully saturated rings. The lowest BCUT2D eigenvalue weighted by Gasteiger charge is -2.31. The molecule has 1 atom stereocenters. The van der Waals surface area contributed by atoms with Crippen LogP contribution in [-0.2, 0) is 21.8 Å². The largest absolute Gasteiger partial charge is 0.444 e. The van der Waals surface area contributed by atoms with E-state index in [1.54, 1.807) is 13.8 Å². The predicted molar refractivity (Wildman–Crippen MR) is 96.2 cm³/mol. The van der Waals surface area contributed by atoms with E-state index in [0.717, 1.165) is 10.0 Å². The van der Waals surface area contributed by atoms with Crippen LogP contribution in [0.5, 0.6) is 0 Å². The Kier molecular flexibility index (Phi) is 4.53. The van der Waals surface area contributed by atoms with Crippen LogP contribution >= 0.6 is 15.9 Å². The van der Waals surface area contributed by atoms with Gasteiger partial charge >= 0.3 is 5.82 Å². The van der Waals surface area contributed by atoms with Gasteiger partial charge < -0.3 is 14.9 Å². The molecule has 0 radical (unpaired) electrons. The summed E-state index contributed by atoms with van der Waals surface area (Å²) in [5.41, 5.74) is -0.406. The molecule has 0 spiro atoms. The molecule has 1 unspecified atom stereocenters. The third-order valence-electron chi connectivity index (χ3n) is 4.12. The molecule has 1 aromatic heterocycles. The first kappa shape index (κ1) is 18.1. The highest BCUT2D eigenvalue weighted by atomic mass is 79.9. The van der Waals surface area contributed by atoms with E-state index >= 15 is 0 Å². The highest BCUT2D eigenvalue weighted by Crippen LogP contribution is 2.36. The average Bonchev–Trinajstić information content (AvgIpc) is 3.10. The zero-order chi connectivity index (χ0) is 19.1. The number of amides is 1. The Morgan fingerprint density at radius 2 is 2.04 bits per heavy atom. The van der Waals surface area contributed by atoms with Crippen LogP contribution in [0.2, 0.25) is 0 Å². The highest BCUT2D eigenvalue weighted by Gasteiger charge is 2.45. The van der Waals surface area contributed by atoms with Crippen molar-refractivity contribution in [2.24, 2.45) is 5.10 Å². The Morgan fingerprint density at radius 1 is 1.38 bits per heavy atom. The third-order valence-corrected chi connectivity index (χ3v) is 4.65. The van der Waals surface area contributed by atoms with Crippen molar-refractivity contribution >= 4 is 33.6 Å². The number of hydrogen-bond acceptors (Lipinski definition) is 6. The van der Waals surface area contributed by atoms with Crippen LogP contribution in [0.3, 0.4) is 0 Å². The fraction of sp³-hybridized carbons (Fsp3) is 0.312. The number of carbonyl (C=O) groups is 1. The number of benzene rings is 1. The van der Waals surface area contributed by atoms with Crippen LogP contribution in [0, 0.1) is 17.0 Å². The molecule has 1 amide bonds. The molecule has 10 heteroatoms. The van der Waals surface area contributed by atoms with Gasteiger partial charge in [-0.2, -0.15) is 5.01 Å². The Morgan fingerprint density at radius 3 is 2.62 bits per heavy atom. The predicted octanol–water partition coefficient (Wildman–Crippen LogP) is 2.93. The third kappa shape index (κ3) is 3.07. The number of nitro groups is 1. The van der Waals surface area contributed by atoms with Crippen molar-refractivity contribution in [3.05, 3.63) is 56.4 Å². The second-order valence-corrected chi connectivity index (χ2v) is 6.84. The second kappa shape index (κ2) is 6.52. The van der Waals surface area contributed by atoms with E-state index in [2.05, 4.69) is 26.0 Å². The average molecular weight is 422 g/mol. The zero-order valence-corrected chi connectivity index (χ0v) is 15.9. The van der Waals surface area contributed by atoms with Gasteiger partial charge in [0.1, 0.15) is 6.20 Å². The molecule has 0 bridgehead atoms. The summed E-state index contributed by atoms with van der Waals surface area (Å²) in [5.74, 6) is 0.173. The molecule has 2 aromatic rings. The summed E-state index contributed by atoms with van der Waals surface area (Å²) in [6.45, 7) is 4.76. The molecule has 1 aliphatic rings. The Balaban J connectivity index is 1.95. The summed E-state index contributed by atoms with van der Waals surface area (Å²) in [6, 6.07) is 7.32. The van der Waals surface area contributed by atoms with Crippen LogP contribution in [0.1, 0.15) is 25.2 Å². The summed E-state index contributed by atoms with van der Waals surface area (Å²) >= 11 is 3.37. The Hall–Kier alpha value is -2.75. The summed E-state index contributed by atoms with van der Waals surface area (Å²) in [7, 11) is 0. The van der Waals surface area contributed by atoms with Crippen LogP contribution in [0.4, 0.5) is 5.82 Å². The molecule has 1 aliphatic heterocycles. The summed E-state index contributed by atoms with van der Waals surface area (Å²) < 4.78 is 8.25. The van der Waals surface area contributed by atoms with E-state index in [0.29, 0.717) is 5.82 Å². The van der Waals surface area contributed by atoms with Gasteiger partial charge in [-0.15, -0.1) is 5.10 Å². The number of ether oxygens (including phenoxy) is 1. The van der Waals surface area contributed by atoms with Crippen LogP contribution in [0.25, 0.3) is 0 Å². The molecule has 9 nitrogen and oxygen atoms in total. The van der Waals surface area contributed by atoms with E-state index in [1.165, 1.54) is 22.7 Å². The van der Waals surface area contributed by atoms with Gasteiger partial charge in [-0.25, -0.2) is 9.55 Å². The number of hydrazone groups is 1. The van der Waals surface area contributed by atoms with E-state index in [9.17, 15) is 14.9 Å². The molecule has 0 saturated carbocycles. The van der Waals surface area contributed by atoms with Gasteiger partial charge in [0, 0.05) is 30.8 Å². The van der Waals surface area contributed by atoms with Crippen LogP contribution in [-0.4, -0.2) is 31.3 Å². The van der Waals surface area contributed by atoms with E-state index in [-0.39, 0.29) is 24.2 Å². The van der Waals surface area contributed by atoms with Crippen molar-refractivity contribution in [1.29, 1.82) is 0 Å². The molecule has 2 heterocycles. The SMILES string of the molecule is CC(=O)N1N=C(Cn2c([N+](=O)[O-])cnc2C)OC1(C)c1ccc(Br)cc1. The van der Waals surface area contributed by atoms with Crippen molar-refractivity contribution < 1.29 is 14.5 Å². The van der Waals surface area contributed by atoms with Crippen molar-refractivity contribution in [3.8, 4) is 0 Å².